The SMILES string of the molecule is CN[C@H](CC(C)C)C(=O)N[C@H]1C(=O)N[C@@H](CC(N)=O)C(=O)N[C@H]2C(=N)N[C@H]3C(=O)N[C@H](C(=O)N[C@H](C(=O)O)c4cc(O)cc(O)c4-c4cc3ccc4O)[C@H](O)c3ccc(c(Cl)c3)Oc3cc2cc(c3O)Oc2ccc(cc2Cl)[C@H]1O. The largest absolute Gasteiger partial charge is 0.508 e. The zero-order valence-electron chi connectivity index (χ0n) is 42.3. The number of nitrogens with one attached hydrogen (secondary N) is 8. The van der Waals surface area contributed by atoms with Crippen LogP contribution in [0.5, 0.6) is 46.0 Å². The lowest BCUT2D eigenvalue weighted by atomic mass is 9.89. The number of amidine groups is 1. The highest BCUT2D eigenvalue weighted by Gasteiger charge is 2.41. The molecule has 11 bridgehead atoms. The van der Waals surface area contributed by atoms with Gasteiger partial charge in [0.25, 0.3) is 0 Å². The molecule has 0 saturated carbocycles. The van der Waals surface area contributed by atoms with Gasteiger partial charge in [0.1, 0.15) is 77.0 Å². The van der Waals surface area contributed by atoms with Crippen molar-refractivity contribution in [1.29, 1.82) is 5.41 Å². The monoisotopic (exact) mass is 1140 g/mol. The minimum Gasteiger partial charge on any atom is -0.508 e. The molecule has 0 radical (unpaired) electrons. The highest BCUT2D eigenvalue weighted by Crippen LogP contribution is 2.47. The Bertz CT molecular complexity index is 3380. The van der Waals surface area contributed by atoms with Crippen LogP contribution in [-0.2, 0) is 33.6 Å². The predicted octanol–water partition coefficient (Wildman–Crippen LogP) is 2.85. The van der Waals surface area contributed by atoms with Crippen LogP contribution >= 0.6 is 23.2 Å². The van der Waals surface area contributed by atoms with Crippen molar-refractivity contribution in [3.05, 3.63) is 117 Å². The first-order valence-corrected chi connectivity index (χ1v) is 25.2. The molecule has 9 atom stereocenters. The molecule has 10 rings (SSSR count). The van der Waals surface area contributed by atoms with Crippen LogP contribution in [0.3, 0.4) is 0 Å². The quantitative estimate of drug-likeness (QED) is 0.106. The van der Waals surface area contributed by atoms with E-state index >= 15 is 4.79 Å². The van der Waals surface area contributed by atoms with Gasteiger partial charge in [0.2, 0.25) is 41.2 Å². The zero-order chi connectivity index (χ0) is 58.2. The van der Waals surface area contributed by atoms with Crippen LogP contribution in [0.4, 0.5) is 0 Å². The second-order valence-corrected chi connectivity index (χ2v) is 20.2. The predicted molar refractivity (Wildman–Crippen MR) is 283 cm³/mol. The summed E-state index contributed by atoms with van der Waals surface area (Å²) in [5.74, 6) is -13.9. The minimum atomic E-state index is -2.15. The summed E-state index contributed by atoms with van der Waals surface area (Å²) in [7, 11) is 1.51. The first-order chi connectivity index (χ1) is 37.8. The maximum Gasteiger partial charge on any atom is 0.330 e. The summed E-state index contributed by atoms with van der Waals surface area (Å²) >= 11 is 13.5. The van der Waals surface area contributed by atoms with E-state index in [1.807, 2.05) is 13.8 Å². The molecule has 420 valence electrons. The molecule has 0 unspecified atom stereocenters. The number of aliphatic hydroxyl groups excluding tert-OH is 2. The lowest BCUT2D eigenvalue weighted by Gasteiger charge is -2.32. The third kappa shape index (κ3) is 11.9. The Labute approximate surface area is 463 Å². The molecule has 0 aromatic heterocycles. The van der Waals surface area contributed by atoms with Gasteiger partial charge in [0, 0.05) is 22.8 Å². The number of likely N-dealkylation sites (N-methyl/N-ethyl adjacent to an activating group) is 1. The Balaban J connectivity index is 1.36. The Kier molecular flexibility index (Phi) is 16.6. The van der Waals surface area contributed by atoms with Crippen molar-refractivity contribution in [2.75, 3.05) is 7.05 Å². The van der Waals surface area contributed by atoms with Crippen molar-refractivity contribution < 1.29 is 78.8 Å². The number of aromatic hydroxyl groups is 4. The summed E-state index contributed by atoms with van der Waals surface area (Å²) in [6.07, 6.45) is -4.66. The van der Waals surface area contributed by atoms with Gasteiger partial charge in [-0.05, 0) is 96.2 Å². The van der Waals surface area contributed by atoms with Crippen LogP contribution in [0.25, 0.3) is 11.1 Å². The highest BCUT2D eigenvalue weighted by molar-refractivity contribution is 6.32. The smallest absolute Gasteiger partial charge is 0.330 e. The topological polar surface area (TPSA) is 414 Å². The lowest BCUT2D eigenvalue weighted by Crippen LogP contribution is -2.59. The number of hydrogen-bond donors (Lipinski definition) is 16. The van der Waals surface area contributed by atoms with Gasteiger partial charge in [-0.15, -0.1) is 0 Å². The van der Waals surface area contributed by atoms with E-state index in [9.17, 15) is 69.9 Å². The number of amides is 6. The van der Waals surface area contributed by atoms with Gasteiger partial charge in [0.05, 0.1) is 22.5 Å². The fourth-order valence-electron chi connectivity index (χ4n) is 9.38. The Morgan fingerprint density at radius 3 is 1.88 bits per heavy atom. The number of carboxylic acids is 1. The van der Waals surface area contributed by atoms with Crippen LogP contribution < -0.4 is 52.4 Å². The fraction of sp³-hybridized carbons (Fsp3) is 0.283. The first kappa shape index (κ1) is 57.3. The number of primary amides is 1. The van der Waals surface area contributed by atoms with E-state index in [1.165, 1.54) is 37.4 Å². The molecule has 6 amide bonds. The Hall–Kier alpha value is -8.88. The van der Waals surface area contributed by atoms with Crippen molar-refractivity contribution in [3.8, 4) is 57.1 Å². The van der Waals surface area contributed by atoms with E-state index in [0.717, 1.165) is 48.5 Å². The average molecular weight is 1140 g/mol. The first-order valence-electron chi connectivity index (χ1n) is 24.5. The van der Waals surface area contributed by atoms with Gasteiger partial charge in [0.15, 0.2) is 17.5 Å². The molecule has 5 aromatic rings. The Morgan fingerprint density at radius 2 is 1.30 bits per heavy atom. The van der Waals surface area contributed by atoms with E-state index < -0.39 is 154 Å². The van der Waals surface area contributed by atoms with Gasteiger partial charge < -0.3 is 88.2 Å². The van der Waals surface area contributed by atoms with Crippen LogP contribution in [-0.4, -0.2) is 114 Å². The molecular weight excluding hydrogens is 1090 g/mol. The van der Waals surface area contributed by atoms with E-state index in [1.54, 1.807) is 0 Å². The molecule has 5 aliphatic heterocycles. The molecule has 0 fully saturated rings. The molecule has 0 aliphatic carbocycles. The molecule has 0 spiro atoms. The van der Waals surface area contributed by atoms with Crippen LogP contribution in [0, 0.1) is 11.3 Å². The van der Waals surface area contributed by atoms with Gasteiger partial charge in [-0.2, -0.15) is 0 Å². The number of hydrogen-bond acceptors (Lipinski definition) is 17. The summed E-state index contributed by atoms with van der Waals surface area (Å²) in [6, 6.07) is 1.56. The molecule has 25 nitrogen and oxygen atoms in total. The number of phenolic OH excluding ortho intramolecular Hbond substituents is 4. The number of rotatable bonds is 8. The molecule has 5 aliphatic rings. The Morgan fingerprint density at radius 1 is 0.688 bits per heavy atom. The van der Waals surface area contributed by atoms with Crippen molar-refractivity contribution in [2.45, 2.75) is 81.2 Å². The maximum absolute atomic E-state index is 15.0. The average Bonchev–Trinajstić information content (AvgIpc) is 3.39. The van der Waals surface area contributed by atoms with Crippen LogP contribution in [0.15, 0.2) is 78.9 Å². The summed E-state index contributed by atoms with van der Waals surface area (Å²) in [5, 5.41) is 107. The number of ether oxygens (including phenoxy) is 2. The van der Waals surface area contributed by atoms with E-state index in [-0.39, 0.29) is 61.7 Å². The summed E-state index contributed by atoms with van der Waals surface area (Å²) < 4.78 is 12.3. The molecule has 80 heavy (non-hydrogen) atoms. The highest BCUT2D eigenvalue weighted by atomic mass is 35.5. The second kappa shape index (κ2) is 23.2. The summed E-state index contributed by atoms with van der Waals surface area (Å²) in [4.78, 5) is 98.4. The molecule has 17 N–H and O–H groups in total. The minimum absolute atomic E-state index is 0.0248. The standard InChI is InChI=1S/C53H53Cl2N9O16/c1-19(2)10-29(58-3)48(72)63-42-44(69)21-5-8-33(27(54)12-21)79-35-14-23-15-36(46(35)71)80-34-9-6-22(13-28(34)55)45(70)43-52(76)62-41(53(77)78)26-16-24(65)17-32(67)38(26)25-11-20(4-7-31(25)66)40(50(74)64-43)60-47(57)39(23)61-49(73)30(18-37(56)68)59-51(42)75/h4-9,11-17,19,29-30,39-45,58,65-67,69-71H,10,18H2,1-3H3,(H2,56,68)(H2,57,60)(H,59,75)(H,61,73)(H,62,76)(H,63,72)(H,64,74)(H,77,78)/t29-,30+,39-,40-,41+,42-,43+,44-,45-/m1/s1. The van der Waals surface area contributed by atoms with E-state index in [4.69, 9.17) is 38.4 Å². The number of nitrogens with two attached hydrogens (primary N) is 1. The molecular formula is C53H53Cl2N9O16. The number of aliphatic carboxylic acids is 1. The summed E-state index contributed by atoms with van der Waals surface area (Å²) in [5.41, 5.74) is 3.68. The number of carbonyl (C=O) groups is 7. The third-order valence-electron chi connectivity index (χ3n) is 13.4. The van der Waals surface area contributed by atoms with E-state index in [2.05, 4.69) is 37.2 Å². The van der Waals surface area contributed by atoms with Crippen molar-refractivity contribution >= 4 is 70.4 Å². The van der Waals surface area contributed by atoms with E-state index in [0.29, 0.717) is 0 Å². The van der Waals surface area contributed by atoms with Crippen molar-refractivity contribution in [1.82, 2.24) is 37.2 Å². The van der Waals surface area contributed by atoms with Crippen molar-refractivity contribution in [3.63, 3.8) is 0 Å². The molecule has 5 heterocycles. The van der Waals surface area contributed by atoms with Gasteiger partial charge in [-0.25, -0.2) is 4.79 Å². The van der Waals surface area contributed by atoms with Gasteiger partial charge in [-0.3, -0.25) is 34.2 Å². The fourth-order valence-corrected chi connectivity index (χ4v) is 9.83. The lowest BCUT2D eigenvalue weighted by molar-refractivity contribution is -0.143. The zero-order valence-corrected chi connectivity index (χ0v) is 43.8. The maximum atomic E-state index is 15.0. The third-order valence-corrected chi connectivity index (χ3v) is 14.0. The number of carboxylic acid groups (broad SMARTS) is 1. The molecule has 5 aromatic carbocycles. The number of halogens is 2. The molecule has 0 saturated heterocycles. The summed E-state index contributed by atoms with van der Waals surface area (Å²) in [6.45, 7) is 3.70. The number of phenols is 4. The second-order valence-electron chi connectivity index (χ2n) is 19.4. The normalized spacial score (nSPS) is 22.4. The number of carbonyl (C=O) groups excluding carboxylic acids is 6. The van der Waals surface area contributed by atoms with Gasteiger partial charge in [-0.1, -0.05) is 55.2 Å². The van der Waals surface area contributed by atoms with Crippen molar-refractivity contribution in [2.24, 2.45) is 11.7 Å². The number of fused-ring (bicyclic) bond motifs is 15. The van der Waals surface area contributed by atoms with Crippen LogP contribution in [0.2, 0.25) is 10.0 Å². The number of benzene rings is 5. The van der Waals surface area contributed by atoms with Crippen LogP contribution in [0.1, 0.15) is 84.8 Å². The van der Waals surface area contributed by atoms with Gasteiger partial charge >= 0.3 is 5.97 Å². The molecule has 27 heteroatoms. The number of aliphatic hydroxyl groups is 2.